The van der Waals surface area contributed by atoms with Crippen molar-refractivity contribution in [3.63, 3.8) is 0 Å². The minimum absolute atomic E-state index is 0.0164. The molecule has 0 spiro atoms. The highest BCUT2D eigenvalue weighted by molar-refractivity contribution is 5.97. The van der Waals surface area contributed by atoms with E-state index in [1.165, 1.54) is 6.92 Å². The summed E-state index contributed by atoms with van der Waals surface area (Å²) in [4.78, 5) is 11.5. The van der Waals surface area contributed by atoms with Crippen molar-refractivity contribution in [2.24, 2.45) is 0 Å². The number of fused-ring (bicyclic) bond motifs is 1. The number of Topliss-reactive ketones (excluding diaryl/α,β-unsaturated/α-hetero) is 1. The van der Waals surface area contributed by atoms with E-state index in [1.54, 1.807) is 19.4 Å². The Hall–Kier alpha value is -2.82. The summed E-state index contributed by atoms with van der Waals surface area (Å²) in [5, 5.41) is 11.3. The molecule has 0 aliphatic heterocycles. The number of ketones is 1. The van der Waals surface area contributed by atoms with Gasteiger partial charge >= 0.3 is 0 Å². The molecule has 106 valence electrons. The van der Waals surface area contributed by atoms with Crippen LogP contribution >= 0.6 is 0 Å². The molecule has 3 aromatic rings. The summed E-state index contributed by atoms with van der Waals surface area (Å²) in [5.74, 6) is 0.549. The van der Waals surface area contributed by atoms with Crippen LogP contribution in [0.4, 0.5) is 11.4 Å². The molecular weight excluding hydrogens is 266 g/mol. The highest BCUT2D eigenvalue weighted by Gasteiger charge is 2.09. The molecule has 2 aromatic carbocycles. The van der Waals surface area contributed by atoms with Gasteiger partial charge in [0.1, 0.15) is 5.75 Å². The number of H-pyrrole nitrogens is 1. The van der Waals surface area contributed by atoms with Gasteiger partial charge in [-0.3, -0.25) is 9.89 Å². The quantitative estimate of drug-likeness (QED) is 0.718. The van der Waals surface area contributed by atoms with E-state index >= 15 is 0 Å². The highest BCUT2D eigenvalue weighted by Crippen LogP contribution is 2.27. The number of nitrogens with one attached hydrogen (secondary N) is 2. The number of ether oxygens (including phenoxy) is 1. The number of carbonyl (C=O) groups excluding carboxylic acids is 1. The number of anilines is 2. The molecule has 0 aliphatic carbocycles. The summed E-state index contributed by atoms with van der Waals surface area (Å²) >= 11 is 0. The number of hydrogen-bond donors (Lipinski definition) is 2. The average molecular weight is 281 g/mol. The van der Waals surface area contributed by atoms with Gasteiger partial charge in [0.05, 0.1) is 24.4 Å². The van der Waals surface area contributed by atoms with Crippen molar-refractivity contribution >= 4 is 28.1 Å². The third-order valence-electron chi connectivity index (χ3n) is 3.31. The third-order valence-corrected chi connectivity index (χ3v) is 3.31. The van der Waals surface area contributed by atoms with Crippen LogP contribution in [0.1, 0.15) is 17.3 Å². The first-order chi connectivity index (χ1) is 10.2. The molecule has 0 saturated heterocycles. The Labute approximate surface area is 121 Å². The van der Waals surface area contributed by atoms with E-state index in [4.69, 9.17) is 4.74 Å². The van der Waals surface area contributed by atoms with E-state index in [2.05, 4.69) is 15.5 Å². The molecule has 0 amide bonds. The molecule has 5 nitrogen and oxygen atoms in total. The molecule has 0 radical (unpaired) electrons. The molecule has 1 heterocycles. The van der Waals surface area contributed by atoms with Gasteiger partial charge < -0.3 is 10.1 Å². The lowest BCUT2D eigenvalue weighted by Crippen LogP contribution is -1.99. The summed E-state index contributed by atoms with van der Waals surface area (Å²) in [6, 6.07) is 11.4. The highest BCUT2D eigenvalue weighted by atomic mass is 16.5. The second kappa shape index (κ2) is 5.28. The molecule has 0 atom stereocenters. The summed E-state index contributed by atoms with van der Waals surface area (Å²) in [7, 11) is 1.56. The van der Waals surface area contributed by atoms with Crippen molar-refractivity contribution in [2.75, 3.05) is 12.4 Å². The molecule has 3 rings (SSSR count). The number of nitrogens with zero attached hydrogens (tertiary/aromatic N) is 1. The van der Waals surface area contributed by atoms with Gasteiger partial charge in [-0.15, -0.1) is 0 Å². The van der Waals surface area contributed by atoms with E-state index in [0.29, 0.717) is 11.3 Å². The zero-order chi connectivity index (χ0) is 14.8. The van der Waals surface area contributed by atoms with Crippen molar-refractivity contribution in [1.82, 2.24) is 10.2 Å². The molecule has 0 aliphatic rings. The van der Waals surface area contributed by atoms with E-state index in [-0.39, 0.29) is 5.78 Å². The number of methoxy groups -OCH3 is 1. The number of rotatable bonds is 4. The standard InChI is InChI=1S/C16H15N3O2/c1-10(20)14-6-5-13(8-16(14)21-2)18-12-4-3-11-9-17-19-15(11)7-12/h3-9,18H,1-2H3,(H,17,19). The molecule has 0 bridgehead atoms. The van der Waals surface area contributed by atoms with Gasteiger partial charge in [0.25, 0.3) is 0 Å². The number of aromatic nitrogens is 2. The SMILES string of the molecule is COc1cc(Nc2ccc3cn[nH]c3c2)ccc1C(C)=O. The minimum Gasteiger partial charge on any atom is -0.496 e. The molecule has 2 N–H and O–H groups in total. The average Bonchev–Trinajstić information content (AvgIpc) is 2.94. The Morgan fingerprint density at radius 3 is 2.71 bits per heavy atom. The van der Waals surface area contributed by atoms with Crippen LogP contribution in [0.15, 0.2) is 42.6 Å². The second-order valence-corrected chi connectivity index (χ2v) is 4.77. The maximum atomic E-state index is 11.5. The maximum absolute atomic E-state index is 11.5. The monoisotopic (exact) mass is 281 g/mol. The molecule has 1 aromatic heterocycles. The maximum Gasteiger partial charge on any atom is 0.163 e. The molecule has 21 heavy (non-hydrogen) atoms. The van der Waals surface area contributed by atoms with Gasteiger partial charge in [-0.25, -0.2) is 0 Å². The normalized spacial score (nSPS) is 10.6. The summed E-state index contributed by atoms with van der Waals surface area (Å²) < 4.78 is 5.27. The van der Waals surface area contributed by atoms with Crippen LogP contribution in [0.5, 0.6) is 5.75 Å². The Balaban J connectivity index is 1.91. The van der Waals surface area contributed by atoms with Gasteiger partial charge in [-0.2, -0.15) is 5.10 Å². The van der Waals surface area contributed by atoms with Crippen LogP contribution < -0.4 is 10.1 Å². The topological polar surface area (TPSA) is 67.0 Å². The predicted molar refractivity (Wildman–Crippen MR) is 82.4 cm³/mol. The lowest BCUT2D eigenvalue weighted by atomic mass is 10.1. The van der Waals surface area contributed by atoms with Crippen molar-refractivity contribution < 1.29 is 9.53 Å². The van der Waals surface area contributed by atoms with Crippen molar-refractivity contribution in [1.29, 1.82) is 0 Å². The van der Waals surface area contributed by atoms with Gasteiger partial charge in [0.2, 0.25) is 0 Å². The van der Waals surface area contributed by atoms with Gasteiger partial charge in [0, 0.05) is 22.8 Å². The Morgan fingerprint density at radius 1 is 1.19 bits per heavy atom. The number of aromatic amines is 1. The van der Waals surface area contributed by atoms with E-state index in [9.17, 15) is 4.79 Å². The molecule has 0 fully saturated rings. The van der Waals surface area contributed by atoms with E-state index in [1.807, 2.05) is 30.3 Å². The molecule has 5 heteroatoms. The molecular formula is C16H15N3O2. The minimum atomic E-state index is -0.0164. The van der Waals surface area contributed by atoms with Crippen LogP contribution in [-0.2, 0) is 0 Å². The van der Waals surface area contributed by atoms with Crippen molar-refractivity contribution in [3.8, 4) is 5.75 Å². The fourth-order valence-corrected chi connectivity index (χ4v) is 2.24. The van der Waals surface area contributed by atoms with Crippen LogP contribution in [0.2, 0.25) is 0 Å². The predicted octanol–water partition coefficient (Wildman–Crippen LogP) is 3.52. The summed E-state index contributed by atoms with van der Waals surface area (Å²) in [5.41, 5.74) is 3.33. The van der Waals surface area contributed by atoms with E-state index < -0.39 is 0 Å². The first-order valence-corrected chi connectivity index (χ1v) is 6.56. The van der Waals surface area contributed by atoms with E-state index in [0.717, 1.165) is 22.3 Å². The smallest absolute Gasteiger partial charge is 0.163 e. The lowest BCUT2D eigenvalue weighted by Gasteiger charge is -2.11. The Morgan fingerprint density at radius 2 is 1.95 bits per heavy atom. The Kier molecular flexibility index (Phi) is 3.31. The van der Waals surface area contributed by atoms with Gasteiger partial charge in [-0.1, -0.05) is 0 Å². The fraction of sp³-hybridized carbons (Fsp3) is 0.125. The summed E-state index contributed by atoms with van der Waals surface area (Å²) in [6.45, 7) is 1.52. The number of benzene rings is 2. The van der Waals surface area contributed by atoms with Crippen LogP contribution in [0.25, 0.3) is 10.9 Å². The third kappa shape index (κ3) is 2.58. The fourth-order valence-electron chi connectivity index (χ4n) is 2.24. The van der Waals surface area contributed by atoms with Gasteiger partial charge in [0.15, 0.2) is 5.78 Å². The van der Waals surface area contributed by atoms with Crippen LogP contribution in [-0.4, -0.2) is 23.1 Å². The number of hydrogen-bond acceptors (Lipinski definition) is 4. The van der Waals surface area contributed by atoms with Crippen LogP contribution in [0.3, 0.4) is 0 Å². The molecule has 0 unspecified atom stereocenters. The summed E-state index contributed by atoms with van der Waals surface area (Å²) in [6.07, 6.45) is 1.78. The first-order valence-electron chi connectivity index (χ1n) is 6.56. The molecule has 0 saturated carbocycles. The zero-order valence-corrected chi connectivity index (χ0v) is 11.8. The van der Waals surface area contributed by atoms with Crippen molar-refractivity contribution in [2.45, 2.75) is 6.92 Å². The lowest BCUT2D eigenvalue weighted by molar-refractivity contribution is 0.101. The van der Waals surface area contributed by atoms with Crippen molar-refractivity contribution in [3.05, 3.63) is 48.2 Å². The largest absolute Gasteiger partial charge is 0.496 e. The van der Waals surface area contributed by atoms with Crippen LogP contribution in [0, 0.1) is 0 Å². The zero-order valence-electron chi connectivity index (χ0n) is 11.8. The van der Waals surface area contributed by atoms with Gasteiger partial charge in [-0.05, 0) is 37.3 Å². The number of carbonyl (C=O) groups is 1. The Bertz CT molecular complexity index is 808. The second-order valence-electron chi connectivity index (χ2n) is 4.77. The first kappa shape index (κ1) is 13.2.